The van der Waals surface area contributed by atoms with Gasteiger partial charge in [0.1, 0.15) is 5.82 Å². The van der Waals surface area contributed by atoms with Crippen LogP contribution in [-0.2, 0) is 9.63 Å². The Morgan fingerprint density at radius 1 is 1.47 bits per heavy atom. The lowest BCUT2D eigenvalue weighted by Crippen LogP contribution is -2.25. The summed E-state index contributed by atoms with van der Waals surface area (Å²) in [6, 6.07) is 5.99. The summed E-state index contributed by atoms with van der Waals surface area (Å²) < 4.78 is 12.5. The lowest BCUT2D eigenvalue weighted by molar-refractivity contribution is -0.130. The first-order chi connectivity index (χ1) is 7.22. The smallest absolute Gasteiger partial charge is 0.253 e. The molecule has 0 saturated heterocycles. The number of benzene rings is 1. The SMILES string of the molecule is CCONC(=O)CSc1ccc(F)cc1. The van der Waals surface area contributed by atoms with Gasteiger partial charge in [-0.1, -0.05) is 0 Å². The monoisotopic (exact) mass is 229 g/mol. The first-order valence-electron chi connectivity index (χ1n) is 4.51. The van der Waals surface area contributed by atoms with Crippen LogP contribution in [0.4, 0.5) is 4.39 Å². The topological polar surface area (TPSA) is 38.3 Å². The number of carbonyl (C=O) groups is 1. The van der Waals surface area contributed by atoms with Gasteiger partial charge in [-0.2, -0.15) is 0 Å². The molecular formula is C10H12FNO2S. The molecule has 5 heteroatoms. The van der Waals surface area contributed by atoms with Gasteiger partial charge in [-0.15, -0.1) is 11.8 Å². The third-order valence-electron chi connectivity index (χ3n) is 1.51. The highest BCUT2D eigenvalue weighted by atomic mass is 32.2. The number of hydrogen-bond donors (Lipinski definition) is 1. The largest absolute Gasteiger partial charge is 0.274 e. The lowest BCUT2D eigenvalue weighted by atomic mass is 10.4. The van der Waals surface area contributed by atoms with E-state index >= 15 is 0 Å². The second kappa shape index (κ2) is 6.42. The highest BCUT2D eigenvalue weighted by Gasteiger charge is 2.02. The third-order valence-corrected chi connectivity index (χ3v) is 2.53. The van der Waals surface area contributed by atoms with E-state index in [1.165, 1.54) is 23.9 Å². The number of rotatable bonds is 5. The van der Waals surface area contributed by atoms with Crippen molar-refractivity contribution >= 4 is 17.7 Å². The van der Waals surface area contributed by atoms with E-state index in [4.69, 9.17) is 4.84 Å². The molecule has 0 atom stereocenters. The number of nitrogens with one attached hydrogen (secondary N) is 1. The van der Waals surface area contributed by atoms with E-state index in [1.807, 2.05) is 0 Å². The zero-order valence-electron chi connectivity index (χ0n) is 8.33. The van der Waals surface area contributed by atoms with Gasteiger partial charge in [0, 0.05) is 4.90 Å². The maximum Gasteiger partial charge on any atom is 0.253 e. The van der Waals surface area contributed by atoms with Crippen molar-refractivity contribution in [3.8, 4) is 0 Å². The van der Waals surface area contributed by atoms with Crippen molar-refractivity contribution < 1.29 is 14.0 Å². The molecule has 0 unspecified atom stereocenters. The quantitative estimate of drug-likeness (QED) is 0.620. The first kappa shape index (κ1) is 12.0. The molecule has 1 N–H and O–H groups in total. The molecule has 15 heavy (non-hydrogen) atoms. The van der Waals surface area contributed by atoms with Gasteiger partial charge in [0.2, 0.25) is 0 Å². The van der Waals surface area contributed by atoms with Crippen LogP contribution in [0.5, 0.6) is 0 Å². The maximum atomic E-state index is 12.5. The molecule has 1 aromatic rings. The van der Waals surface area contributed by atoms with Crippen LogP contribution in [-0.4, -0.2) is 18.3 Å². The molecule has 0 radical (unpaired) electrons. The second-order valence-electron chi connectivity index (χ2n) is 2.70. The minimum absolute atomic E-state index is 0.203. The van der Waals surface area contributed by atoms with Gasteiger partial charge in [0.05, 0.1) is 12.4 Å². The molecule has 0 saturated carbocycles. The molecule has 3 nitrogen and oxygen atoms in total. The molecule has 1 amide bonds. The zero-order valence-corrected chi connectivity index (χ0v) is 9.14. The molecule has 0 spiro atoms. The number of carbonyl (C=O) groups excluding carboxylic acids is 1. The van der Waals surface area contributed by atoms with E-state index in [2.05, 4.69) is 5.48 Å². The molecule has 0 heterocycles. The number of amides is 1. The van der Waals surface area contributed by atoms with Crippen LogP contribution < -0.4 is 5.48 Å². The summed E-state index contributed by atoms with van der Waals surface area (Å²) in [4.78, 5) is 16.7. The molecule has 1 rings (SSSR count). The summed E-state index contributed by atoms with van der Waals surface area (Å²) in [7, 11) is 0. The van der Waals surface area contributed by atoms with Crippen LogP contribution in [0, 0.1) is 5.82 Å². The molecule has 0 fully saturated rings. The molecule has 0 bridgehead atoms. The van der Waals surface area contributed by atoms with Gasteiger partial charge in [-0.25, -0.2) is 9.87 Å². The minimum Gasteiger partial charge on any atom is -0.274 e. The summed E-state index contributed by atoms with van der Waals surface area (Å²) in [6.07, 6.45) is 0. The Hall–Kier alpha value is -1.07. The predicted octanol–water partition coefficient (Wildman–Crippen LogP) is 1.99. The molecule has 0 aliphatic rings. The molecule has 0 aromatic heterocycles. The Balaban J connectivity index is 2.30. The molecule has 0 aliphatic carbocycles. The van der Waals surface area contributed by atoms with Crippen LogP contribution in [0.15, 0.2) is 29.2 Å². The fourth-order valence-electron chi connectivity index (χ4n) is 0.862. The van der Waals surface area contributed by atoms with Crippen LogP contribution in [0.1, 0.15) is 6.92 Å². The highest BCUT2D eigenvalue weighted by Crippen LogP contribution is 2.17. The summed E-state index contributed by atoms with van der Waals surface area (Å²) >= 11 is 1.33. The standard InChI is InChI=1S/C10H12FNO2S/c1-2-14-12-10(13)7-15-9-5-3-8(11)4-6-9/h3-6H,2,7H2,1H3,(H,12,13). The van der Waals surface area contributed by atoms with Crippen LogP contribution in [0.25, 0.3) is 0 Å². The number of thioether (sulfide) groups is 1. The van der Waals surface area contributed by atoms with Crippen molar-refractivity contribution in [2.75, 3.05) is 12.4 Å². The van der Waals surface area contributed by atoms with Gasteiger partial charge in [-0.3, -0.25) is 9.63 Å². The molecule has 0 aliphatic heterocycles. The van der Waals surface area contributed by atoms with E-state index in [1.54, 1.807) is 19.1 Å². The summed E-state index contributed by atoms with van der Waals surface area (Å²) in [6.45, 7) is 2.22. The lowest BCUT2D eigenvalue weighted by Gasteiger charge is -2.03. The zero-order chi connectivity index (χ0) is 11.1. The summed E-state index contributed by atoms with van der Waals surface area (Å²) in [5, 5.41) is 0. The van der Waals surface area contributed by atoms with E-state index in [-0.39, 0.29) is 17.5 Å². The van der Waals surface area contributed by atoms with Crippen molar-refractivity contribution in [3.63, 3.8) is 0 Å². The van der Waals surface area contributed by atoms with Crippen LogP contribution >= 0.6 is 11.8 Å². The van der Waals surface area contributed by atoms with Crippen molar-refractivity contribution in [2.24, 2.45) is 0 Å². The Kier molecular flexibility index (Phi) is 5.14. The molecule has 82 valence electrons. The van der Waals surface area contributed by atoms with Gasteiger partial charge < -0.3 is 0 Å². The van der Waals surface area contributed by atoms with Gasteiger partial charge in [0.25, 0.3) is 5.91 Å². The Morgan fingerprint density at radius 2 is 2.13 bits per heavy atom. The van der Waals surface area contributed by atoms with Crippen molar-refractivity contribution in [2.45, 2.75) is 11.8 Å². The maximum absolute atomic E-state index is 12.5. The van der Waals surface area contributed by atoms with Crippen LogP contribution in [0.2, 0.25) is 0 Å². The Bertz CT molecular complexity index is 316. The normalized spacial score (nSPS) is 10.0. The number of halogens is 1. The summed E-state index contributed by atoms with van der Waals surface area (Å²) in [5.41, 5.74) is 2.28. The average molecular weight is 229 g/mol. The summed E-state index contributed by atoms with van der Waals surface area (Å²) in [5.74, 6) is -0.227. The van der Waals surface area contributed by atoms with Gasteiger partial charge in [0.15, 0.2) is 0 Å². The third kappa shape index (κ3) is 4.80. The number of hydroxylamine groups is 1. The van der Waals surface area contributed by atoms with E-state index < -0.39 is 0 Å². The predicted molar refractivity (Wildman–Crippen MR) is 56.9 cm³/mol. The fourth-order valence-corrected chi connectivity index (χ4v) is 1.55. The fraction of sp³-hybridized carbons (Fsp3) is 0.300. The van der Waals surface area contributed by atoms with E-state index in [9.17, 15) is 9.18 Å². The van der Waals surface area contributed by atoms with Crippen molar-refractivity contribution in [1.82, 2.24) is 5.48 Å². The highest BCUT2D eigenvalue weighted by molar-refractivity contribution is 8.00. The van der Waals surface area contributed by atoms with Gasteiger partial charge in [-0.05, 0) is 31.2 Å². The Labute approximate surface area is 92.0 Å². The second-order valence-corrected chi connectivity index (χ2v) is 3.75. The average Bonchev–Trinajstić information content (AvgIpc) is 2.25. The van der Waals surface area contributed by atoms with Crippen molar-refractivity contribution in [3.05, 3.63) is 30.1 Å². The molecule has 1 aromatic carbocycles. The van der Waals surface area contributed by atoms with Crippen LogP contribution in [0.3, 0.4) is 0 Å². The minimum atomic E-state index is -0.280. The van der Waals surface area contributed by atoms with E-state index in [0.29, 0.717) is 6.61 Å². The van der Waals surface area contributed by atoms with Gasteiger partial charge >= 0.3 is 0 Å². The van der Waals surface area contributed by atoms with Crippen molar-refractivity contribution in [1.29, 1.82) is 0 Å². The van der Waals surface area contributed by atoms with E-state index in [0.717, 1.165) is 4.90 Å². The first-order valence-corrected chi connectivity index (χ1v) is 5.50. The number of hydrogen-bond acceptors (Lipinski definition) is 3. The molecular weight excluding hydrogens is 217 g/mol. The Morgan fingerprint density at radius 3 is 2.73 bits per heavy atom.